The van der Waals surface area contributed by atoms with E-state index < -0.39 is 0 Å². The highest BCUT2D eigenvalue weighted by Crippen LogP contribution is 2.30. The fraction of sp³-hybridized carbons (Fsp3) is 0.235. The number of hydrogen-bond donors (Lipinski definition) is 1. The molecule has 0 unspecified atom stereocenters. The molecule has 116 valence electrons. The zero-order valence-electron chi connectivity index (χ0n) is 12.7. The molecule has 3 nitrogen and oxygen atoms in total. The molecule has 2 amide bonds. The Kier molecular flexibility index (Phi) is 6.16. The first-order chi connectivity index (χ1) is 10.6. The van der Waals surface area contributed by atoms with Gasteiger partial charge in [0, 0.05) is 30.4 Å². The molecule has 0 bridgehead atoms. The van der Waals surface area contributed by atoms with Crippen LogP contribution in [0.3, 0.4) is 0 Å². The van der Waals surface area contributed by atoms with E-state index in [0.717, 1.165) is 17.1 Å². The van der Waals surface area contributed by atoms with Crippen LogP contribution in [0.2, 0.25) is 5.02 Å². The quantitative estimate of drug-likeness (QED) is 0.799. The van der Waals surface area contributed by atoms with Crippen LogP contribution in [0.5, 0.6) is 0 Å². The number of rotatable bonds is 5. The molecule has 0 aliphatic heterocycles. The Bertz CT molecular complexity index is 632. The van der Waals surface area contributed by atoms with Crippen molar-refractivity contribution < 1.29 is 4.79 Å². The third-order valence-corrected chi connectivity index (χ3v) is 4.58. The van der Waals surface area contributed by atoms with Crippen LogP contribution in [0.1, 0.15) is 5.56 Å². The van der Waals surface area contributed by atoms with E-state index >= 15 is 0 Å². The summed E-state index contributed by atoms with van der Waals surface area (Å²) in [5.41, 5.74) is 2.03. The van der Waals surface area contributed by atoms with Crippen molar-refractivity contribution in [3.05, 3.63) is 59.1 Å². The lowest BCUT2D eigenvalue weighted by atomic mass is 10.2. The summed E-state index contributed by atoms with van der Waals surface area (Å²) in [5.74, 6) is 0.965. The van der Waals surface area contributed by atoms with Gasteiger partial charge in [-0.15, -0.1) is 11.8 Å². The first-order valence-electron chi connectivity index (χ1n) is 7.01. The van der Waals surface area contributed by atoms with Crippen molar-refractivity contribution in [2.75, 3.05) is 25.2 Å². The standard InChI is InChI=1S/C17H19ClN2OS/c1-20(2)17(21)19-14-8-9-16(15(18)12-14)22-11-10-13-6-4-3-5-7-13/h3-9,12H,10-11H2,1-2H3,(H,19,21). The summed E-state index contributed by atoms with van der Waals surface area (Å²) < 4.78 is 0. The fourth-order valence-electron chi connectivity index (χ4n) is 1.85. The molecule has 0 radical (unpaired) electrons. The summed E-state index contributed by atoms with van der Waals surface area (Å²) >= 11 is 8.01. The smallest absolute Gasteiger partial charge is 0.321 e. The van der Waals surface area contributed by atoms with Crippen LogP contribution in [-0.4, -0.2) is 30.8 Å². The molecule has 2 aromatic rings. The van der Waals surface area contributed by atoms with Gasteiger partial charge in [0.25, 0.3) is 0 Å². The van der Waals surface area contributed by atoms with Gasteiger partial charge in [0.15, 0.2) is 0 Å². The molecule has 0 aromatic heterocycles. The van der Waals surface area contributed by atoms with E-state index in [1.807, 2.05) is 18.2 Å². The number of hydrogen-bond acceptors (Lipinski definition) is 2. The minimum absolute atomic E-state index is 0.166. The number of nitrogens with one attached hydrogen (secondary N) is 1. The molecule has 2 rings (SSSR count). The highest BCUT2D eigenvalue weighted by molar-refractivity contribution is 7.99. The lowest BCUT2D eigenvalue weighted by Crippen LogP contribution is -2.27. The molecule has 0 saturated carbocycles. The lowest BCUT2D eigenvalue weighted by Gasteiger charge is -2.13. The molecule has 0 saturated heterocycles. The van der Waals surface area contributed by atoms with E-state index in [0.29, 0.717) is 10.7 Å². The summed E-state index contributed by atoms with van der Waals surface area (Å²) in [6.07, 6.45) is 1.00. The number of benzene rings is 2. The number of nitrogens with zero attached hydrogens (tertiary/aromatic N) is 1. The van der Waals surface area contributed by atoms with Crippen LogP contribution < -0.4 is 5.32 Å². The van der Waals surface area contributed by atoms with Gasteiger partial charge in [0.2, 0.25) is 0 Å². The maximum absolute atomic E-state index is 11.6. The number of carbonyl (C=O) groups excluding carboxylic acids is 1. The average molecular weight is 335 g/mol. The molecule has 5 heteroatoms. The topological polar surface area (TPSA) is 32.3 Å². The fourth-order valence-corrected chi connectivity index (χ4v) is 3.12. The summed E-state index contributed by atoms with van der Waals surface area (Å²) in [5, 5.41) is 3.45. The van der Waals surface area contributed by atoms with Crippen molar-refractivity contribution >= 4 is 35.1 Å². The maximum Gasteiger partial charge on any atom is 0.321 e. The van der Waals surface area contributed by atoms with Gasteiger partial charge in [-0.3, -0.25) is 0 Å². The second-order valence-electron chi connectivity index (χ2n) is 5.05. The Morgan fingerprint density at radius 2 is 1.91 bits per heavy atom. The Balaban J connectivity index is 1.91. The number of thioether (sulfide) groups is 1. The molecule has 22 heavy (non-hydrogen) atoms. The van der Waals surface area contributed by atoms with Crippen LogP contribution in [0.15, 0.2) is 53.4 Å². The molecule has 2 aromatic carbocycles. The largest absolute Gasteiger partial charge is 0.331 e. The van der Waals surface area contributed by atoms with Crippen LogP contribution in [0, 0.1) is 0 Å². The highest BCUT2D eigenvalue weighted by atomic mass is 35.5. The molecule has 0 aliphatic rings. The third-order valence-electron chi connectivity index (χ3n) is 3.08. The maximum atomic E-state index is 11.6. The predicted octanol–water partition coefficient (Wildman–Crippen LogP) is 4.77. The first-order valence-corrected chi connectivity index (χ1v) is 8.37. The number of amides is 2. The van der Waals surface area contributed by atoms with Gasteiger partial charge in [-0.2, -0.15) is 0 Å². The predicted molar refractivity (Wildman–Crippen MR) is 95.0 cm³/mol. The number of aryl methyl sites for hydroxylation is 1. The molecule has 0 heterocycles. The molecular weight excluding hydrogens is 316 g/mol. The van der Waals surface area contributed by atoms with Crippen molar-refractivity contribution in [1.29, 1.82) is 0 Å². The van der Waals surface area contributed by atoms with E-state index in [-0.39, 0.29) is 6.03 Å². The van der Waals surface area contributed by atoms with E-state index in [2.05, 4.69) is 29.6 Å². The number of halogens is 1. The zero-order chi connectivity index (χ0) is 15.9. The van der Waals surface area contributed by atoms with Crippen LogP contribution >= 0.6 is 23.4 Å². The molecule has 0 aliphatic carbocycles. The van der Waals surface area contributed by atoms with E-state index in [9.17, 15) is 4.79 Å². The zero-order valence-corrected chi connectivity index (χ0v) is 14.2. The minimum Gasteiger partial charge on any atom is -0.331 e. The summed E-state index contributed by atoms with van der Waals surface area (Å²) in [4.78, 5) is 14.1. The van der Waals surface area contributed by atoms with Crippen molar-refractivity contribution in [2.24, 2.45) is 0 Å². The second kappa shape index (κ2) is 8.11. The number of anilines is 1. The van der Waals surface area contributed by atoms with Gasteiger partial charge in [0.05, 0.1) is 5.02 Å². The van der Waals surface area contributed by atoms with E-state index in [1.54, 1.807) is 31.9 Å². The minimum atomic E-state index is -0.166. The lowest BCUT2D eigenvalue weighted by molar-refractivity contribution is 0.230. The van der Waals surface area contributed by atoms with Gasteiger partial charge in [0.1, 0.15) is 0 Å². The number of urea groups is 1. The SMILES string of the molecule is CN(C)C(=O)Nc1ccc(SCCc2ccccc2)c(Cl)c1. The highest BCUT2D eigenvalue weighted by Gasteiger charge is 2.07. The van der Waals surface area contributed by atoms with Gasteiger partial charge < -0.3 is 10.2 Å². The average Bonchev–Trinajstić information content (AvgIpc) is 2.50. The summed E-state index contributed by atoms with van der Waals surface area (Å²) in [6, 6.07) is 15.8. The van der Waals surface area contributed by atoms with Crippen LogP contribution in [-0.2, 0) is 6.42 Å². The van der Waals surface area contributed by atoms with E-state index in [4.69, 9.17) is 11.6 Å². The first kappa shape index (κ1) is 16.7. The molecule has 0 spiro atoms. The third kappa shape index (κ3) is 4.97. The Hall–Kier alpha value is -1.65. The van der Waals surface area contributed by atoms with Crippen LogP contribution in [0.25, 0.3) is 0 Å². The van der Waals surface area contributed by atoms with Crippen LogP contribution in [0.4, 0.5) is 10.5 Å². The summed E-state index contributed by atoms with van der Waals surface area (Å²) in [6.45, 7) is 0. The molecule has 0 fully saturated rings. The Morgan fingerprint density at radius 3 is 2.55 bits per heavy atom. The van der Waals surface area contributed by atoms with E-state index in [1.165, 1.54) is 10.5 Å². The van der Waals surface area contributed by atoms with Crippen molar-refractivity contribution in [1.82, 2.24) is 4.90 Å². The Morgan fingerprint density at radius 1 is 1.18 bits per heavy atom. The van der Waals surface area contributed by atoms with Gasteiger partial charge in [-0.1, -0.05) is 41.9 Å². The second-order valence-corrected chi connectivity index (χ2v) is 6.60. The van der Waals surface area contributed by atoms with Crippen molar-refractivity contribution in [3.8, 4) is 0 Å². The van der Waals surface area contributed by atoms with Crippen molar-refractivity contribution in [2.45, 2.75) is 11.3 Å². The molecule has 1 N–H and O–H groups in total. The van der Waals surface area contributed by atoms with Gasteiger partial charge in [-0.25, -0.2) is 4.79 Å². The molecule has 0 atom stereocenters. The monoisotopic (exact) mass is 334 g/mol. The van der Waals surface area contributed by atoms with Crippen molar-refractivity contribution in [3.63, 3.8) is 0 Å². The van der Waals surface area contributed by atoms with Gasteiger partial charge >= 0.3 is 6.03 Å². The number of carbonyl (C=O) groups is 1. The van der Waals surface area contributed by atoms with Gasteiger partial charge in [-0.05, 0) is 30.2 Å². The Labute approximate surface area is 140 Å². The normalized spacial score (nSPS) is 10.3. The molecular formula is C17H19ClN2OS. The summed E-state index contributed by atoms with van der Waals surface area (Å²) in [7, 11) is 3.40.